The van der Waals surface area contributed by atoms with E-state index in [4.69, 9.17) is 5.26 Å². The van der Waals surface area contributed by atoms with Crippen molar-refractivity contribution in [2.75, 3.05) is 25.0 Å². The number of nitriles is 1. The summed E-state index contributed by atoms with van der Waals surface area (Å²) in [5.74, 6) is 0. The Bertz CT molecular complexity index is 514. The van der Waals surface area contributed by atoms with Gasteiger partial charge in [0.2, 0.25) is 0 Å². The van der Waals surface area contributed by atoms with Crippen LogP contribution in [0.4, 0.5) is 10.5 Å². The van der Waals surface area contributed by atoms with Gasteiger partial charge in [0, 0.05) is 18.3 Å². The number of amides is 2. The van der Waals surface area contributed by atoms with Crippen LogP contribution >= 0.6 is 0 Å². The Hall–Kier alpha value is -2.06. The molecule has 0 aromatic heterocycles. The molecule has 1 aromatic carbocycles. The molecule has 5 heteroatoms. The monoisotopic (exact) mass is 300 g/mol. The lowest BCUT2D eigenvalue weighted by Crippen LogP contribution is -2.44. The topological polar surface area (TPSA) is 68.2 Å². The highest BCUT2D eigenvalue weighted by atomic mass is 16.2. The van der Waals surface area contributed by atoms with Crippen LogP contribution in [0, 0.1) is 11.3 Å². The maximum absolute atomic E-state index is 12.1. The highest BCUT2D eigenvalue weighted by molar-refractivity contribution is 5.89. The summed E-state index contributed by atoms with van der Waals surface area (Å²) in [5.41, 5.74) is 1.70. The van der Waals surface area contributed by atoms with Crippen LogP contribution in [0.2, 0.25) is 0 Å². The van der Waals surface area contributed by atoms with E-state index < -0.39 is 0 Å². The first-order valence-corrected chi connectivity index (χ1v) is 7.97. The molecule has 1 aromatic rings. The van der Waals surface area contributed by atoms with Crippen LogP contribution in [0.1, 0.15) is 31.7 Å². The van der Waals surface area contributed by atoms with Gasteiger partial charge in [-0.2, -0.15) is 5.26 Å². The molecule has 1 aliphatic heterocycles. The van der Waals surface area contributed by atoms with Gasteiger partial charge in [-0.25, -0.2) is 4.79 Å². The van der Waals surface area contributed by atoms with Crippen molar-refractivity contribution in [3.63, 3.8) is 0 Å². The number of urea groups is 1. The molecule has 5 nitrogen and oxygen atoms in total. The summed E-state index contributed by atoms with van der Waals surface area (Å²) < 4.78 is 0. The molecule has 2 amide bonds. The third kappa shape index (κ3) is 5.05. The highest BCUT2D eigenvalue weighted by Gasteiger charge is 2.17. The summed E-state index contributed by atoms with van der Waals surface area (Å²) >= 11 is 0. The molecular formula is C17H24N4O. The molecule has 22 heavy (non-hydrogen) atoms. The Balaban J connectivity index is 1.81. The van der Waals surface area contributed by atoms with E-state index in [0.29, 0.717) is 6.42 Å². The predicted molar refractivity (Wildman–Crippen MR) is 87.7 cm³/mol. The maximum Gasteiger partial charge on any atom is 0.319 e. The van der Waals surface area contributed by atoms with Crippen LogP contribution in [0.3, 0.4) is 0 Å². The minimum atomic E-state index is -0.168. The lowest BCUT2D eigenvalue weighted by atomic mass is 10.1. The third-order valence-corrected chi connectivity index (χ3v) is 4.00. The van der Waals surface area contributed by atoms with Gasteiger partial charge in [-0.3, -0.25) is 0 Å². The first-order chi connectivity index (χ1) is 10.7. The smallest absolute Gasteiger partial charge is 0.319 e. The number of hydrogen-bond donors (Lipinski definition) is 2. The first-order valence-electron chi connectivity index (χ1n) is 7.97. The van der Waals surface area contributed by atoms with Crippen LogP contribution < -0.4 is 10.6 Å². The van der Waals surface area contributed by atoms with Gasteiger partial charge in [0.05, 0.1) is 12.5 Å². The molecule has 0 radical (unpaired) electrons. The Labute approximate surface area is 132 Å². The molecule has 1 saturated heterocycles. The molecule has 2 rings (SSSR count). The maximum atomic E-state index is 12.1. The van der Waals surface area contributed by atoms with Gasteiger partial charge < -0.3 is 15.5 Å². The number of likely N-dealkylation sites (tertiary alicyclic amines) is 1. The van der Waals surface area contributed by atoms with Crippen molar-refractivity contribution in [3.8, 4) is 6.07 Å². The summed E-state index contributed by atoms with van der Waals surface area (Å²) in [4.78, 5) is 14.5. The first kappa shape index (κ1) is 16.3. The number of carbonyl (C=O) groups is 1. The zero-order valence-corrected chi connectivity index (χ0v) is 13.1. The molecule has 1 heterocycles. The summed E-state index contributed by atoms with van der Waals surface area (Å²) in [6.45, 7) is 5.29. The van der Waals surface area contributed by atoms with Crippen LogP contribution in [0.25, 0.3) is 0 Å². The van der Waals surface area contributed by atoms with Crippen LogP contribution in [0.15, 0.2) is 24.3 Å². The van der Waals surface area contributed by atoms with Gasteiger partial charge in [-0.15, -0.1) is 0 Å². The quantitative estimate of drug-likeness (QED) is 0.849. The van der Waals surface area contributed by atoms with Gasteiger partial charge in [-0.05, 0) is 50.0 Å². The van der Waals surface area contributed by atoms with Crippen LogP contribution in [-0.2, 0) is 6.42 Å². The number of hydrogen-bond acceptors (Lipinski definition) is 3. The van der Waals surface area contributed by atoms with Gasteiger partial charge in [0.15, 0.2) is 0 Å². The van der Waals surface area contributed by atoms with E-state index in [1.165, 1.54) is 12.8 Å². The van der Waals surface area contributed by atoms with Crippen molar-refractivity contribution in [3.05, 3.63) is 29.8 Å². The van der Waals surface area contributed by atoms with E-state index in [9.17, 15) is 4.79 Å². The largest absolute Gasteiger partial charge is 0.334 e. The van der Waals surface area contributed by atoms with Gasteiger partial charge in [-0.1, -0.05) is 19.1 Å². The second-order valence-corrected chi connectivity index (χ2v) is 5.74. The fourth-order valence-corrected chi connectivity index (χ4v) is 2.70. The number of nitrogens with zero attached hydrogens (tertiary/aromatic N) is 2. The molecule has 118 valence electrons. The standard InChI is InChI=1S/C17H24N4O/c1-2-15(13-21-11-3-4-12-21)19-17(22)20-16-7-5-14(6-8-16)9-10-18/h5-8,15H,2-4,9,11-13H2,1H3,(H2,19,20,22). The molecule has 0 bridgehead atoms. The zero-order valence-electron chi connectivity index (χ0n) is 13.1. The summed E-state index contributed by atoms with van der Waals surface area (Å²) in [6.07, 6.45) is 3.83. The van der Waals surface area contributed by atoms with E-state index in [1.54, 1.807) is 0 Å². The average molecular weight is 300 g/mol. The zero-order chi connectivity index (χ0) is 15.8. The molecule has 2 N–H and O–H groups in total. The molecule has 0 spiro atoms. The molecule has 0 aliphatic carbocycles. The van der Waals surface area contributed by atoms with E-state index in [1.807, 2.05) is 24.3 Å². The molecular weight excluding hydrogens is 276 g/mol. The van der Waals surface area contributed by atoms with Crippen molar-refractivity contribution in [1.29, 1.82) is 5.26 Å². The minimum absolute atomic E-state index is 0.168. The Kier molecular flexibility index (Phi) is 6.23. The van der Waals surface area contributed by atoms with E-state index in [2.05, 4.69) is 28.5 Å². The van der Waals surface area contributed by atoms with Gasteiger partial charge in [0.25, 0.3) is 0 Å². The summed E-state index contributed by atoms with van der Waals surface area (Å²) in [5, 5.41) is 14.5. The van der Waals surface area contributed by atoms with Crippen molar-refractivity contribution in [1.82, 2.24) is 10.2 Å². The molecule has 1 fully saturated rings. The fourth-order valence-electron chi connectivity index (χ4n) is 2.70. The third-order valence-electron chi connectivity index (χ3n) is 4.00. The van der Waals surface area contributed by atoms with Crippen molar-refractivity contribution in [2.45, 2.75) is 38.6 Å². The summed E-state index contributed by atoms with van der Waals surface area (Å²) in [6, 6.07) is 9.49. The molecule has 0 saturated carbocycles. The second kappa shape index (κ2) is 8.40. The van der Waals surface area contributed by atoms with E-state index in [-0.39, 0.29) is 12.1 Å². The normalized spacial score (nSPS) is 16.0. The Morgan fingerprint density at radius 3 is 2.59 bits per heavy atom. The second-order valence-electron chi connectivity index (χ2n) is 5.74. The van der Waals surface area contributed by atoms with Crippen molar-refractivity contribution in [2.24, 2.45) is 0 Å². The van der Waals surface area contributed by atoms with Gasteiger partial charge in [0.1, 0.15) is 0 Å². The van der Waals surface area contributed by atoms with E-state index in [0.717, 1.165) is 37.3 Å². The van der Waals surface area contributed by atoms with Crippen LogP contribution in [-0.4, -0.2) is 36.6 Å². The lowest BCUT2D eigenvalue weighted by molar-refractivity contribution is 0.239. The number of carbonyl (C=O) groups excluding carboxylic acids is 1. The molecule has 1 aliphatic rings. The molecule has 1 unspecified atom stereocenters. The number of rotatable bonds is 6. The predicted octanol–water partition coefficient (Wildman–Crippen LogP) is 2.75. The lowest BCUT2D eigenvalue weighted by Gasteiger charge is -2.23. The summed E-state index contributed by atoms with van der Waals surface area (Å²) in [7, 11) is 0. The van der Waals surface area contributed by atoms with Crippen molar-refractivity contribution < 1.29 is 4.79 Å². The van der Waals surface area contributed by atoms with Gasteiger partial charge >= 0.3 is 6.03 Å². The fraction of sp³-hybridized carbons (Fsp3) is 0.529. The Morgan fingerprint density at radius 1 is 1.32 bits per heavy atom. The highest BCUT2D eigenvalue weighted by Crippen LogP contribution is 2.11. The minimum Gasteiger partial charge on any atom is -0.334 e. The van der Waals surface area contributed by atoms with Crippen molar-refractivity contribution >= 4 is 11.7 Å². The van der Waals surface area contributed by atoms with Crippen LogP contribution in [0.5, 0.6) is 0 Å². The van der Waals surface area contributed by atoms with E-state index >= 15 is 0 Å². The average Bonchev–Trinajstić information content (AvgIpc) is 3.02. The number of nitrogens with one attached hydrogen (secondary N) is 2. The Morgan fingerprint density at radius 2 is 2.00 bits per heavy atom. The number of anilines is 1. The SMILES string of the molecule is CCC(CN1CCCC1)NC(=O)Nc1ccc(CC#N)cc1. The molecule has 1 atom stereocenters. The number of benzene rings is 1.